The predicted octanol–water partition coefficient (Wildman–Crippen LogP) is 2.82. The van der Waals surface area contributed by atoms with Gasteiger partial charge < -0.3 is 15.1 Å². The van der Waals surface area contributed by atoms with Crippen LogP contribution >= 0.6 is 0 Å². The zero-order chi connectivity index (χ0) is 14.4. The molecule has 0 unspecified atom stereocenters. The van der Waals surface area contributed by atoms with Crippen LogP contribution in [0.15, 0.2) is 41.1 Å². The Hall–Kier alpha value is -2.50. The van der Waals surface area contributed by atoms with Crippen LogP contribution in [0.3, 0.4) is 0 Å². The highest BCUT2D eigenvalue weighted by molar-refractivity contribution is 5.88. The number of urea groups is 1. The molecule has 3 N–H and O–H groups in total. The van der Waals surface area contributed by atoms with Gasteiger partial charge in [-0.15, -0.1) is 0 Å². The molecule has 2 rings (SSSR count). The molecule has 2 aromatic heterocycles. The van der Waals surface area contributed by atoms with Crippen molar-refractivity contribution in [2.75, 3.05) is 10.6 Å². The maximum Gasteiger partial charge on any atom is 0.320 e. The van der Waals surface area contributed by atoms with Crippen molar-refractivity contribution in [3.05, 3.63) is 42.5 Å². The molecule has 0 saturated heterocycles. The van der Waals surface area contributed by atoms with Gasteiger partial charge in [0.2, 0.25) is 0 Å². The van der Waals surface area contributed by atoms with Crippen LogP contribution in [-0.2, 0) is 6.54 Å². The van der Waals surface area contributed by atoms with Gasteiger partial charge in [-0.25, -0.2) is 9.78 Å². The lowest BCUT2D eigenvalue weighted by atomic mass is 10.3. The molecule has 0 aliphatic rings. The van der Waals surface area contributed by atoms with E-state index >= 15 is 0 Å². The summed E-state index contributed by atoms with van der Waals surface area (Å²) in [7, 11) is 0. The molecule has 20 heavy (non-hydrogen) atoms. The fourth-order valence-electron chi connectivity index (χ4n) is 1.59. The molecule has 0 atom stereocenters. The quantitative estimate of drug-likeness (QED) is 0.783. The molecule has 2 heterocycles. The van der Waals surface area contributed by atoms with Crippen LogP contribution in [0.25, 0.3) is 0 Å². The Bertz CT molecular complexity index is 535. The minimum Gasteiger partial charge on any atom is -0.467 e. The largest absolute Gasteiger partial charge is 0.467 e. The molecule has 6 heteroatoms. The SMILES string of the molecule is CC(C)NC(=O)Nc1ccc(NCc2ccco2)cn1. The number of aromatic nitrogens is 1. The van der Waals surface area contributed by atoms with Gasteiger partial charge in [0, 0.05) is 6.04 Å². The summed E-state index contributed by atoms with van der Waals surface area (Å²) in [6.45, 7) is 4.39. The third-order valence-electron chi connectivity index (χ3n) is 2.47. The number of pyridine rings is 1. The Balaban J connectivity index is 1.84. The summed E-state index contributed by atoms with van der Waals surface area (Å²) in [4.78, 5) is 15.7. The summed E-state index contributed by atoms with van der Waals surface area (Å²) in [5, 5.41) is 8.57. The molecule has 0 spiro atoms. The molecular weight excluding hydrogens is 256 g/mol. The Labute approximate surface area is 117 Å². The van der Waals surface area contributed by atoms with E-state index in [-0.39, 0.29) is 12.1 Å². The molecule has 0 bridgehead atoms. The van der Waals surface area contributed by atoms with Crippen LogP contribution in [0.5, 0.6) is 0 Å². The van der Waals surface area contributed by atoms with E-state index in [9.17, 15) is 4.79 Å². The van der Waals surface area contributed by atoms with Crippen molar-refractivity contribution < 1.29 is 9.21 Å². The van der Waals surface area contributed by atoms with Gasteiger partial charge in [0.15, 0.2) is 0 Å². The topological polar surface area (TPSA) is 79.2 Å². The van der Waals surface area contributed by atoms with Crippen molar-refractivity contribution in [3.63, 3.8) is 0 Å². The summed E-state index contributed by atoms with van der Waals surface area (Å²) >= 11 is 0. The van der Waals surface area contributed by atoms with Crippen LogP contribution < -0.4 is 16.0 Å². The monoisotopic (exact) mass is 274 g/mol. The minimum absolute atomic E-state index is 0.0873. The molecule has 0 radical (unpaired) electrons. The molecule has 0 aliphatic carbocycles. The van der Waals surface area contributed by atoms with Crippen molar-refractivity contribution in [1.82, 2.24) is 10.3 Å². The summed E-state index contributed by atoms with van der Waals surface area (Å²) in [6, 6.07) is 7.15. The average Bonchev–Trinajstić information content (AvgIpc) is 2.90. The highest BCUT2D eigenvalue weighted by Gasteiger charge is 2.04. The van der Waals surface area contributed by atoms with E-state index in [0.717, 1.165) is 11.4 Å². The Kier molecular flexibility index (Phi) is 4.60. The van der Waals surface area contributed by atoms with Gasteiger partial charge in [0.25, 0.3) is 0 Å². The number of amides is 2. The lowest BCUT2D eigenvalue weighted by Crippen LogP contribution is -2.34. The fourth-order valence-corrected chi connectivity index (χ4v) is 1.59. The number of carbonyl (C=O) groups excluding carboxylic acids is 1. The highest BCUT2D eigenvalue weighted by atomic mass is 16.3. The molecule has 0 aliphatic heterocycles. The molecular formula is C14H18N4O2. The standard InChI is InChI=1S/C14H18N4O2/c1-10(2)17-14(19)18-13-6-5-11(8-16-13)15-9-12-4-3-7-20-12/h3-8,10,15H,9H2,1-2H3,(H2,16,17,18,19). The van der Waals surface area contributed by atoms with E-state index in [4.69, 9.17) is 4.42 Å². The minimum atomic E-state index is -0.260. The van der Waals surface area contributed by atoms with Crippen LogP contribution in [0.2, 0.25) is 0 Å². The second-order valence-electron chi connectivity index (χ2n) is 4.62. The number of hydrogen-bond donors (Lipinski definition) is 3. The van der Waals surface area contributed by atoms with Crippen LogP contribution in [-0.4, -0.2) is 17.1 Å². The number of carbonyl (C=O) groups is 1. The molecule has 0 aromatic carbocycles. The van der Waals surface area contributed by atoms with Gasteiger partial charge in [0.1, 0.15) is 11.6 Å². The zero-order valence-corrected chi connectivity index (χ0v) is 11.5. The first-order chi connectivity index (χ1) is 9.63. The third-order valence-corrected chi connectivity index (χ3v) is 2.47. The predicted molar refractivity (Wildman–Crippen MR) is 77.6 cm³/mol. The van der Waals surface area contributed by atoms with Gasteiger partial charge in [-0.3, -0.25) is 5.32 Å². The van der Waals surface area contributed by atoms with Crippen molar-refractivity contribution in [3.8, 4) is 0 Å². The van der Waals surface area contributed by atoms with Crippen molar-refractivity contribution in [1.29, 1.82) is 0 Å². The van der Waals surface area contributed by atoms with E-state index in [2.05, 4.69) is 20.9 Å². The maximum absolute atomic E-state index is 11.5. The lowest BCUT2D eigenvalue weighted by Gasteiger charge is -2.10. The molecule has 106 valence electrons. The number of anilines is 2. The third kappa shape index (κ3) is 4.31. The van der Waals surface area contributed by atoms with Gasteiger partial charge in [-0.1, -0.05) is 0 Å². The fraction of sp³-hybridized carbons (Fsp3) is 0.286. The Morgan fingerprint density at radius 3 is 2.80 bits per heavy atom. The number of rotatable bonds is 5. The highest BCUT2D eigenvalue weighted by Crippen LogP contribution is 2.11. The van der Waals surface area contributed by atoms with Crippen LogP contribution in [0, 0.1) is 0 Å². The Morgan fingerprint density at radius 1 is 1.35 bits per heavy atom. The smallest absolute Gasteiger partial charge is 0.320 e. The second kappa shape index (κ2) is 6.60. The average molecular weight is 274 g/mol. The van der Waals surface area contributed by atoms with E-state index in [1.54, 1.807) is 18.5 Å². The van der Waals surface area contributed by atoms with E-state index in [1.165, 1.54) is 0 Å². The molecule has 0 saturated carbocycles. The summed E-state index contributed by atoms with van der Waals surface area (Å²) in [5.41, 5.74) is 0.858. The number of nitrogens with zero attached hydrogens (tertiary/aromatic N) is 1. The van der Waals surface area contributed by atoms with Crippen molar-refractivity contribution in [2.45, 2.75) is 26.4 Å². The lowest BCUT2D eigenvalue weighted by molar-refractivity contribution is 0.250. The van der Waals surface area contributed by atoms with Gasteiger partial charge in [-0.05, 0) is 38.1 Å². The van der Waals surface area contributed by atoms with Crippen LogP contribution in [0.4, 0.5) is 16.3 Å². The molecule has 2 aromatic rings. The number of hydrogen-bond acceptors (Lipinski definition) is 4. The van der Waals surface area contributed by atoms with Gasteiger partial charge in [-0.2, -0.15) is 0 Å². The zero-order valence-electron chi connectivity index (χ0n) is 11.5. The van der Waals surface area contributed by atoms with E-state index in [0.29, 0.717) is 12.4 Å². The second-order valence-corrected chi connectivity index (χ2v) is 4.62. The first-order valence-electron chi connectivity index (χ1n) is 6.43. The first-order valence-corrected chi connectivity index (χ1v) is 6.43. The van der Waals surface area contributed by atoms with E-state index < -0.39 is 0 Å². The van der Waals surface area contributed by atoms with Crippen molar-refractivity contribution in [2.24, 2.45) is 0 Å². The van der Waals surface area contributed by atoms with E-state index in [1.807, 2.05) is 32.0 Å². The molecule has 2 amide bonds. The summed E-state index contributed by atoms with van der Waals surface area (Å²) in [5.74, 6) is 1.36. The first kappa shape index (κ1) is 13.9. The maximum atomic E-state index is 11.5. The normalized spacial score (nSPS) is 10.3. The number of nitrogens with one attached hydrogen (secondary N) is 3. The Morgan fingerprint density at radius 2 is 2.20 bits per heavy atom. The number of furan rings is 1. The van der Waals surface area contributed by atoms with Crippen LogP contribution in [0.1, 0.15) is 19.6 Å². The van der Waals surface area contributed by atoms with Crippen molar-refractivity contribution >= 4 is 17.5 Å². The van der Waals surface area contributed by atoms with Gasteiger partial charge in [0.05, 0.1) is 24.7 Å². The van der Waals surface area contributed by atoms with Gasteiger partial charge >= 0.3 is 6.03 Å². The summed E-state index contributed by atoms with van der Waals surface area (Å²) in [6.07, 6.45) is 3.30. The molecule has 0 fully saturated rings. The summed E-state index contributed by atoms with van der Waals surface area (Å²) < 4.78 is 5.22. The molecule has 6 nitrogen and oxygen atoms in total.